The number of methoxy groups -OCH3 is 1. The predicted octanol–water partition coefficient (Wildman–Crippen LogP) is 4.73. The fraction of sp³-hybridized carbons (Fsp3) is 0.440. The van der Waals surface area contributed by atoms with Gasteiger partial charge in [-0.2, -0.15) is 0 Å². The van der Waals surface area contributed by atoms with Gasteiger partial charge >= 0.3 is 5.69 Å². The van der Waals surface area contributed by atoms with Crippen molar-refractivity contribution in [2.45, 2.75) is 64.7 Å². The number of ether oxygens (including phenoxy) is 1. The quantitative estimate of drug-likeness (QED) is 0.568. The van der Waals surface area contributed by atoms with Gasteiger partial charge in [0.25, 0.3) is 0 Å². The Morgan fingerprint density at radius 1 is 1.03 bits per heavy atom. The Morgan fingerprint density at radius 3 is 2.26 bits per heavy atom. The van der Waals surface area contributed by atoms with E-state index in [2.05, 4.69) is 61.7 Å². The first kappa shape index (κ1) is 21.2. The monoisotopic (exact) mass is 421 g/mol. The van der Waals surface area contributed by atoms with Crippen LogP contribution in [0.25, 0.3) is 11.1 Å². The van der Waals surface area contributed by atoms with Gasteiger partial charge in [0.05, 0.1) is 12.8 Å². The van der Waals surface area contributed by atoms with Gasteiger partial charge in [-0.05, 0) is 70.5 Å². The summed E-state index contributed by atoms with van der Waals surface area (Å²) in [6.45, 7) is 11.4. The zero-order chi connectivity index (χ0) is 22.6. The molecule has 0 fully saturated rings. The zero-order valence-corrected chi connectivity index (χ0v) is 19.1. The average molecular weight is 422 g/mol. The minimum atomic E-state index is -0.426. The highest BCUT2D eigenvalue weighted by Gasteiger charge is 2.37. The Labute approximate surface area is 182 Å². The first-order valence-electron chi connectivity index (χ1n) is 10.7. The van der Waals surface area contributed by atoms with E-state index in [4.69, 9.17) is 4.74 Å². The van der Waals surface area contributed by atoms with Crippen molar-refractivity contribution >= 4 is 0 Å². The maximum Gasteiger partial charge on any atom is 0.325 e. The van der Waals surface area contributed by atoms with Crippen molar-refractivity contribution in [3.8, 4) is 22.9 Å². The lowest BCUT2D eigenvalue weighted by atomic mass is 9.62. The van der Waals surface area contributed by atoms with Crippen LogP contribution in [0.5, 0.6) is 11.8 Å². The molecule has 0 atom stereocenters. The van der Waals surface area contributed by atoms with E-state index in [9.17, 15) is 9.90 Å². The number of nitrogens with zero attached hydrogens (tertiary/aromatic N) is 1. The molecule has 6 heteroatoms. The van der Waals surface area contributed by atoms with Gasteiger partial charge in [-0.3, -0.25) is 4.98 Å². The number of rotatable bonds is 4. The lowest BCUT2D eigenvalue weighted by molar-refractivity contribution is 0.332. The van der Waals surface area contributed by atoms with Gasteiger partial charge in [0.2, 0.25) is 11.8 Å². The third-order valence-electron chi connectivity index (χ3n) is 6.75. The molecule has 0 saturated heterocycles. The van der Waals surface area contributed by atoms with E-state index in [0.29, 0.717) is 18.0 Å². The van der Waals surface area contributed by atoms with E-state index < -0.39 is 5.69 Å². The molecule has 1 aromatic carbocycles. The van der Waals surface area contributed by atoms with Gasteiger partial charge < -0.3 is 14.8 Å². The van der Waals surface area contributed by atoms with Crippen LogP contribution in [-0.4, -0.2) is 27.2 Å². The van der Waals surface area contributed by atoms with Crippen LogP contribution in [0.1, 0.15) is 68.5 Å². The Bertz CT molecular complexity index is 1200. The molecule has 0 bridgehead atoms. The number of hydrogen-bond donors (Lipinski definition) is 3. The fourth-order valence-electron chi connectivity index (χ4n) is 4.70. The van der Waals surface area contributed by atoms with Crippen molar-refractivity contribution < 1.29 is 9.84 Å². The number of aryl methyl sites for hydroxylation is 1. The standard InChI is InChI=1S/C25H31N3O3/c1-14-9-18-19(25(4,5)8-7-24(18,2)3)12-16(14)17-10-15(13-26-22(17)31-6)11-20-21(29)28-23(30)27-20/h9-10,12-13,29H,7-8,11H2,1-6H3,(H2,27,28,30). The highest BCUT2D eigenvalue weighted by molar-refractivity contribution is 5.74. The van der Waals surface area contributed by atoms with Crippen LogP contribution in [0, 0.1) is 6.92 Å². The first-order valence-corrected chi connectivity index (χ1v) is 10.7. The van der Waals surface area contributed by atoms with Crippen LogP contribution in [-0.2, 0) is 17.3 Å². The molecule has 164 valence electrons. The second-order valence-electron chi connectivity index (χ2n) is 9.96. The molecule has 2 heterocycles. The number of aromatic hydroxyl groups is 1. The molecule has 1 aliphatic rings. The predicted molar refractivity (Wildman–Crippen MR) is 122 cm³/mol. The number of hydrogen-bond acceptors (Lipinski definition) is 4. The summed E-state index contributed by atoms with van der Waals surface area (Å²) in [7, 11) is 1.63. The van der Waals surface area contributed by atoms with E-state index in [0.717, 1.165) is 23.1 Å². The molecule has 1 aliphatic carbocycles. The number of fused-ring (bicyclic) bond motifs is 1. The normalized spacial score (nSPS) is 16.7. The van der Waals surface area contributed by atoms with Gasteiger partial charge in [0.1, 0.15) is 0 Å². The Hall–Kier alpha value is -3.02. The molecule has 2 aromatic heterocycles. The first-order chi connectivity index (χ1) is 14.5. The zero-order valence-electron chi connectivity index (χ0n) is 19.1. The van der Waals surface area contributed by atoms with Crippen LogP contribution < -0.4 is 10.4 Å². The maximum atomic E-state index is 11.5. The highest BCUT2D eigenvalue weighted by atomic mass is 16.5. The summed E-state index contributed by atoms with van der Waals surface area (Å²) in [6.07, 6.45) is 4.39. The van der Waals surface area contributed by atoms with Crippen molar-refractivity contribution in [2.24, 2.45) is 0 Å². The average Bonchev–Trinajstić information content (AvgIpc) is 3.02. The Balaban J connectivity index is 1.85. The summed E-state index contributed by atoms with van der Waals surface area (Å²) < 4.78 is 5.60. The fourth-order valence-corrected chi connectivity index (χ4v) is 4.70. The minimum absolute atomic E-state index is 0.0992. The Kier molecular flexibility index (Phi) is 4.99. The largest absolute Gasteiger partial charge is 0.493 e. The number of nitrogens with one attached hydrogen (secondary N) is 2. The number of benzene rings is 1. The maximum absolute atomic E-state index is 11.5. The van der Waals surface area contributed by atoms with Gasteiger partial charge in [0, 0.05) is 18.2 Å². The molecule has 0 unspecified atom stereocenters. The van der Waals surface area contributed by atoms with Crippen LogP contribution in [0.3, 0.4) is 0 Å². The van der Waals surface area contributed by atoms with E-state index in [1.165, 1.54) is 23.1 Å². The molecular weight excluding hydrogens is 390 g/mol. The molecule has 0 radical (unpaired) electrons. The Morgan fingerprint density at radius 2 is 1.68 bits per heavy atom. The molecule has 3 aromatic rings. The third kappa shape index (κ3) is 3.75. The summed E-state index contributed by atoms with van der Waals surface area (Å²) >= 11 is 0. The summed E-state index contributed by atoms with van der Waals surface area (Å²) in [5.74, 6) is 0.419. The number of pyridine rings is 1. The highest BCUT2D eigenvalue weighted by Crippen LogP contribution is 2.48. The van der Waals surface area contributed by atoms with Crippen molar-refractivity contribution in [3.63, 3.8) is 0 Å². The van der Waals surface area contributed by atoms with E-state index >= 15 is 0 Å². The summed E-state index contributed by atoms with van der Waals surface area (Å²) in [5, 5.41) is 9.93. The van der Waals surface area contributed by atoms with Gasteiger partial charge in [-0.15, -0.1) is 0 Å². The van der Waals surface area contributed by atoms with Crippen LogP contribution >= 0.6 is 0 Å². The van der Waals surface area contributed by atoms with Crippen LogP contribution in [0.15, 0.2) is 29.2 Å². The van der Waals surface area contributed by atoms with Crippen molar-refractivity contribution in [1.29, 1.82) is 0 Å². The summed E-state index contributed by atoms with van der Waals surface area (Å²) in [6, 6.07) is 6.67. The van der Waals surface area contributed by atoms with Crippen molar-refractivity contribution in [3.05, 3.63) is 62.8 Å². The minimum Gasteiger partial charge on any atom is -0.493 e. The molecule has 6 nitrogen and oxygen atoms in total. The van der Waals surface area contributed by atoms with Crippen LogP contribution in [0.2, 0.25) is 0 Å². The number of H-pyrrole nitrogens is 2. The molecule has 0 aliphatic heterocycles. The van der Waals surface area contributed by atoms with Gasteiger partial charge in [-0.25, -0.2) is 9.78 Å². The summed E-state index contributed by atoms with van der Waals surface area (Å²) in [4.78, 5) is 21.0. The lowest BCUT2D eigenvalue weighted by Gasteiger charge is -2.42. The SMILES string of the molecule is COc1ncc(Cc2[nH]c(=O)[nH]c2O)cc1-c1cc2c(cc1C)C(C)(C)CCC2(C)C. The summed E-state index contributed by atoms with van der Waals surface area (Å²) in [5.41, 5.74) is 7.12. The molecule has 31 heavy (non-hydrogen) atoms. The molecular formula is C25H31N3O3. The molecule has 4 rings (SSSR count). The van der Waals surface area contributed by atoms with Crippen molar-refractivity contribution in [1.82, 2.24) is 15.0 Å². The molecule has 0 saturated carbocycles. The van der Waals surface area contributed by atoms with E-state index in [1.807, 2.05) is 6.07 Å². The number of aromatic amines is 2. The van der Waals surface area contributed by atoms with E-state index in [1.54, 1.807) is 13.3 Å². The number of imidazole rings is 1. The van der Waals surface area contributed by atoms with Crippen LogP contribution in [0.4, 0.5) is 0 Å². The van der Waals surface area contributed by atoms with Gasteiger partial charge in [0.15, 0.2) is 0 Å². The topological polar surface area (TPSA) is 91.0 Å². The lowest BCUT2D eigenvalue weighted by Crippen LogP contribution is -2.34. The molecule has 0 amide bonds. The molecule has 3 N–H and O–H groups in total. The third-order valence-corrected chi connectivity index (χ3v) is 6.75. The van der Waals surface area contributed by atoms with Gasteiger partial charge in [-0.1, -0.05) is 33.8 Å². The second-order valence-corrected chi connectivity index (χ2v) is 9.96. The van der Waals surface area contributed by atoms with E-state index in [-0.39, 0.29) is 16.7 Å². The molecule has 0 spiro atoms. The number of aromatic nitrogens is 3. The van der Waals surface area contributed by atoms with Crippen molar-refractivity contribution in [2.75, 3.05) is 7.11 Å². The second kappa shape index (κ2) is 7.29. The smallest absolute Gasteiger partial charge is 0.325 e.